The normalized spacial score (nSPS) is 43.4. The second-order valence-corrected chi connectivity index (χ2v) is 6.83. The predicted molar refractivity (Wildman–Crippen MR) is 81.6 cm³/mol. The lowest BCUT2D eigenvalue weighted by Gasteiger charge is -2.57. The number of Topliss-reactive ketones (excluding diaryl/α,β-unsaturated/α-hetero) is 1. The summed E-state index contributed by atoms with van der Waals surface area (Å²) in [6.45, 7) is 0.672. The number of piperidine rings is 1. The van der Waals surface area contributed by atoms with Gasteiger partial charge in [0.25, 0.3) is 0 Å². The van der Waals surface area contributed by atoms with E-state index in [9.17, 15) is 4.79 Å². The maximum absolute atomic E-state index is 12.8. The Hall–Kier alpha value is -1.55. The van der Waals surface area contributed by atoms with Crippen molar-refractivity contribution in [1.82, 2.24) is 4.90 Å². The van der Waals surface area contributed by atoms with E-state index in [0.717, 1.165) is 0 Å². The molecule has 1 aromatic carbocycles. The van der Waals surface area contributed by atoms with E-state index >= 15 is 0 Å². The first-order valence-corrected chi connectivity index (χ1v) is 7.88. The van der Waals surface area contributed by atoms with Gasteiger partial charge in [0.1, 0.15) is 0 Å². The maximum atomic E-state index is 12.8. The van der Waals surface area contributed by atoms with Crippen LogP contribution < -0.4 is 9.47 Å². The van der Waals surface area contributed by atoms with E-state index in [-0.39, 0.29) is 35.1 Å². The Balaban J connectivity index is 1.94. The molecular formula is C18H21NO3. The molecule has 0 N–H and O–H groups in total. The van der Waals surface area contributed by atoms with Gasteiger partial charge in [0.2, 0.25) is 0 Å². The third-order valence-electron chi connectivity index (χ3n) is 6.04. The fraction of sp³-hybridized carbons (Fsp3) is 0.611. The predicted octanol–water partition coefficient (Wildman–Crippen LogP) is 1.93. The maximum Gasteiger partial charge on any atom is 0.174 e. The van der Waals surface area contributed by atoms with Crippen LogP contribution in [-0.2, 0) is 16.6 Å². The van der Waals surface area contributed by atoms with Gasteiger partial charge in [-0.15, -0.1) is 0 Å². The summed E-state index contributed by atoms with van der Waals surface area (Å²) in [6.07, 6.45) is -0.741. The van der Waals surface area contributed by atoms with Crippen molar-refractivity contribution in [3.05, 3.63) is 23.2 Å². The van der Waals surface area contributed by atoms with E-state index in [1.54, 1.807) is 0 Å². The standard InChI is InChI=1S/C18H21NO3/c1-19-8-7-18-11-4-5-13(20)17(18)22-16-14(21-2)6-3-10(15(16)18)9-12(11)19/h3,6,11-12,17H,4-5,7-9H2,1-2H3/t11-,12+,17?,18-/m0/s1/i3D,6D,9D2. The second-order valence-electron chi connectivity index (χ2n) is 6.83. The highest BCUT2D eigenvalue weighted by molar-refractivity contribution is 5.89. The number of likely N-dealkylation sites (tertiary alicyclic amines) is 1. The van der Waals surface area contributed by atoms with Crippen molar-refractivity contribution in [1.29, 1.82) is 0 Å². The van der Waals surface area contributed by atoms with Gasteiger partial charge >= 0.3 is 0 Å². The number of ether oxygens (including phenoxy) is 2. The van der Waals surface area contributed by atoms with Gasteiger partial charge in [0, 0.05) is 26.2 Å². The SMILES string of the molecule is [2H]c1c([2H])c2c3c(c1OC)OC1C(=O)CC[C@H]4[C@H](N(C)CC[C@]314)C2([2H])[2H]. The number of carbonyl (C=O) groups excluding carboxylic acids is 1. The molecule has 1 spiro atoms. The van der Waals surface area contributed by atoms with Gasteiger partial charge < -0.3 is 14.4 Å². The Bertz CT molecular complexity index is 858. The molecule has 4 atom stereocenters. The number of carbonyl (C=O) groups is 1. The zero-order valence-electron chi connectivity index (χ0n) is 16.7. The minimum absolute atomic E-state index is 0.0364. The van der Waals surface area contributed by atoms with Crippen LogP contribution in [0.4, 0.5) is 0 Å². The lowest BCUT2D eigenvalue weighted by molar-refractivity contribution is -0.138. The number of nitrogens with zero attached hydrogens (tertiary/aromatic N) is 1. The third kappa shape index (κ3) is 1.27. The molecule has 0 aromatic heterocycles. The van der Waals surface area contributed by atoms with Gasteiger partial charge in [0.15, 0.2) is 23.4 Å². The summed E-state index contributed by atoms with van der Waals surface area (Å²) in [4.78, 5) is 14.8. The van der Waals surface area contributed by atoms with E-state index in [0.29, 0.717) is 37.1 Å². The topological polar surface area (TPSA) is 38.8 Å². The fourth-order valence-corrected chi connectivity index (χ4v) is 5.09. The summed E-state index contributed by atoms with van der Waals surface area (Å²) in [7, 11) is 3.34. The number of hydrogen-bond acceptors (Lipinski definition) is 4. The van der Waals surface area contributed by atoms with Crippen LogP contribution in [0, 0.1) is 5.92 Å². The van der Waals surface area contributed by atoms with E-state index in [4.69, 9.17) is 15.0 Å². The fourth-order valence-electron chi connectivity index (χ4n) is 5.09. The smallest absolute Gasteiger partial charge is 0.174 e. The zero-order valence-corrected chi connectivity index (χ0v) is 12.7. The molecule has 0 amide bonds. The van der Waals surface area contributed by atoms with Crippen LogP contribution in [0.1, 0.15) is 35.9 Å². The van der Waals surface area contributed by atoms with Crippen molar-refractivity contribution in [2.24, 2.45) is 5.92 Å². The Labute approximate surface area is 136 Å². The highest BCUT2D eigenvalue weighted by Crippen LogP contribution is 2.62. The summed E-state index contributed by atoms with van der Waals surface area (Å²) in [6, 6.07) is -0.747. The van der Waals surface area contributed by atoms with Gasteiger partial charge in [-0.05, 0) is 50.3 Å². The van der Waals surface area contributed by atoms with E-state index in [2.05, 4.69) is 0 Å². The average molecular weight is 303 g/mol. The van der Waals surface area contributed by atoms with Crippen molar-refractivity contribution in [3.63, 3.8) is 0 Å². The molecule has 1 aromatic rings. The van der Waals surface area contributed by atoms with Gasteiger partial charge in [-0.1, -0.05) is 6.04 Å². The molecule has 1 saturated carbocycles. The molecule has 1 saturated heterocycles. The molecule has 4 aliphatic rings. The van der Waals surface area contributed by atoms with Crippen molar-refractivity contribution in [2.45, 2.75) is 43.2 Å². The highest BCUT2D eigenvalue weighted by atomic mass is 16.5. The molecule has 4 heteroatoms. The summed E-state index contributed by atoms with van der Waals surface area (Å²) in [5, 5.41) is 0. The monoisotopic (exact) mass is 303 g/mol. The Kier molecular flexibility index (Phi) is 1.76. The lowest BCUT2D eigenvalue weighted by atomic mass is 9.52. The highest BCUT2D eigenvalue weighted by Gasteiger charge is 2.65. The number of ketones is 1. The lowest BCUT2D eigenvalue weighted by Crippen LogP contribution is -2.65. The van der Waals surface area contributed by atoms with Crippen LogP contribution in [-0.4, -0.2) is 43.5 Å². The molecule has 4 nitrogen and oxygen atoms in total. The molecule has 2 aliphatic heterocycles. The van der Waals surface area contributed by atoms with Gasteiger partial charge in [0.05, 0.1) is 9.85 Å². The zero-order chi connectivity index (χ0) is 18.6. The average Bonchev–Trinajstić information content (AvgIpc) is 2.91. The van der Waals surface area contributed by atoms with E-state index in [1.165, 1.54) is 7.11 Å². The van der Waals surface area contributed by atoms with Crippen LogP contribution in [0.3, 0.4) is 0 Å². The molecule has 5 rings (SSSR count). The first-order valence-electron chi connectivity index (χ1n) is 9.88. The second kappa shape index (κ2) is 4.05. The molecule has 2 aliphatic carbocycles. The van der Waals surface area contributed by atoms with Crippen LogP contribution >= 0.6 is 0 Å². The summed E-state index contributed by atoms with van der Waals surface area (Å²) in [5.74, 6) is 0.459. The van der Waals surface area contributed by atoms with E-state index in [1.807, 2.05) is 11.9 Å². The van der Waals surface area contributed by atoms with Gasteiger partial charge in [-0.3, -0.25) is 4.79 Å². The summed E-state index contributed by atoms with van der Waals surface area (Å²) < 4.78 is 46.1. The number of rotatable bonds is 1. The van der Waals surface area contributed by atoms with E-state index < -0.39 is 23.9 Å². The summed E-state index contributed by atoms with van der Waals surface area (Å²) in [5.41, 5.74) is 0.260. The first kappa shape index (κ1) is 9.56. The summed E-state index contributed by atoms with van der Waals surface area (Å²) >= 11 is 0. The Morgan fingerprint density at radius 2 is 2.41 bits per heavy atom. The van der Waals surface area contributed by atoms with Crippen LogP contribution in [0.25, 0.3) is 0 Å². The largest absolute Gasteiger partial charge is 0.493 e. The minimum atomic E-state index is -1.79. The molecule has 0 radical (unpaired) electrons. The molecule has 116 valence electrons. The molecule has 2 fully saturated rings. The van der Waals surface area contributed by atoms with Crippen LogP contribution in [0.15, 0.2) is 12.1 Å². The van der Waals surface area contributed by atoms with Crippen molar-refractivity contribution in [2.75, 3.05) is 20.7 Å². The molecule has 1 unspecified atom stereocenters. The Morgan fingerprint density at radius 3 is 3.23 bits per heavy atom. The van der Waals surface area contributed by atoms with Gasteiger partial charge in [-0.25, -0.2) is 0 Å². The quantitative estimate of drug-likeness (QED) is 0.795. The number of hydrogen-bond donors (Lipinski definition) is 0. The van der Waals surface area contributed by atoms with Crippen molar-refractivity contribution < 1.29 is 19.8 Å². The molecule has 22 heavy (non-hydrogen) atoms. The van der Waals surface area contributed by atoms with Gasteiger partial charge in [-0.2, -0.15) is 0 Å². The molecular weight excluding hydrogens is 278 g/mol. The van der Waals surface area contributed by atoms with Crippen molar-refractivity contribution >= 4 is 5.78 Å². The third-order valence-corrected chi connectivity index (χ3v) is 6.04. The number of likely N-dealkylation sites (N-methyl/N-ethyl adjacent to an activating group) is 1. The van der Waals surface area contributed by atoms with Crippen molar-refractivity contribution in [3.8, 4) is 11.5 Å². The van der Waals surface area contributed by atoms with Crippen LogP contribution in [0.5, 0.6) is 11.5 Å². The molecule has 2 bridgehead atoms. The number of methoxy groups -OCH3 is 1. The van der Waals surface area contributed by atoms with Crippen LogP contribution in [0.2, 0.25) is 0 Å². The first-order chi connectivity index (χ1) is 12.3. The molecule has 2 heterocycles. The minimum Gasteiger partial charge on any atom is -0.493 e. The Morgan fingerprint density at radius 1 is 1.55 bits per heavy atom. The number of benzene rings is 1.